The lowest BCUT2D eigenvalue weighted by Crippen LogP contribution is -2.49. The van der Waals surface area contributed by atoms with E-state index in [1.54, 1.807) is 10.4 Å². The van der Waals surface area contributed by atoms with Crippen LogP contribution in [0.5, 0.6) is 0 Å². The summed E-state index contributed by atoms with van der Waals surface area (Å²) in [5.74, 6) is 0.411. The summed E-state index contributed by atoms with van der Waals surface area (Å²) in [6, 6.07) is 9.13. The van der Waals surface area contributed by atoms with Crippen molar-refractivity contribution in [2.75, 3.05) is 19.8 Å². The lowest BCUT2D eigenvalue weighted by Gasteiger charge is -2.35. The van der Waals surface area contributed by atoms with Crippen LogP contribution in [0, 0.1) is 5.92 Å². The lowest BCUT2D eigenvalue weighted by atomic mass is 10.0. The van der Waals surface area contributed by atoms with Gasteiger partial charge in [0.2, 0.25) is 10.0 Å². The predicted molar refractivity (Wildman–Crippen MR) is 89.7 cm³/mol. The van der Waals surface area contributed by atoms with Crippen molar-refractivity contribution in [2.45, 2.75) is 31.2 Å². The summed E-state index contributed by atoms with van der Waals surface area (Å²) >= 11 is 0. The standard InChI is InChI=1S/C17H22N2O3S/c1-13(2)9-15-12-22-8-7-19(15)23(20,21)16-10-14-5-3-4-6-17(14)18-11-16/h3-6,10-11,13,15H,7-9,12H2,1-2H3. The van der Waals surface area contributed by atoms with Crippen molar-refractivity contribution in [3.8, 4) is 0 Å². The maximum atomic E-state index is 13.1. The topological polar surface area (TPSA) is 59.5 Å². The normalized spacial score (nSPS) is 20.2. The fourth-order valence-corrected chi connectivity index (χ4v) is 4.60. The third kappa shape index (κ3) is 3.39. The van der Waals surface area contributed by atoms with E-state index < -0.39 is 10.0 Å². The average Bonchev–Trinajstić information content (AvgIpc) is 2.54. The molecule has 3 rings (SSSR count). The number of pyridine rings is 1. The van der Waals surface area contributed by atoms with E-state index in [2.05, 4.69) is 18.8 Å². The van der Waals surface area contributed by atoms with E-state index in [9.17, 15) is 8.42 Å². The van der Waals surface area contributed by atoms with E-state index in [0.717, 1.165) is 17.3 Å². The van der Waals surface area contributed by atoms with Crippen molar-refractivity contribution in [2.24, 2.45) is 5.92 Å². The molecule has 1 fully saturated rings. The van der Waals surface area contributed by atoms with Gasteiger partial charge in [0, 0.05) is 24.2 Å². The quantitative estimate of drug-likeness (QED) is 0.862. The maximum absolute atomic E-state index is 13.1. The molecule has 1 aromatic carbocycles. The van der Waals surface area contributed by atoms with Crippen LogP contribution in [-0.4, -0.2) is 43.5 Å². The van der Waals surface area contributed by atoms with E-state index in [4.69, 9.17) is 4.74 Å². The molecular formula is C17H22N2O3S. The van der Waals surface area contributed by atoms with Crippen LogP contribution in [-0.2, 0) is 14.8 Å². The number of sulfonamides is 1. The summed E-state index contributed by atoms with van der Waals surface area (Å²) in [5.41, 5.74) is 0.798. The highest BCUT2D eigenvalue weighted by Gasteiger charge is 2.34. The largest absolute Gasteiger partial charge is 0.378 e. The Labute approximate surface area is 137 Å². The summed E-state index contributed by atoms with van der Waals surface area (Å²) in [6.07, 6.45) is 2.25. The molecule has 124 valence electrons. The Bertz CT molecular complexity index is 789. The maximum Gasteiger partial charge on any atom is 0.245 e. The molecule has 1 aliphatic rings. The summed E-state index contributed by atoms with van der Waals surface area (Å²) < 4.78 is 33.2. The Balaban J connectivity index is 1.97. The van der Waals surface area contributed by atoms with Gasteiger partial charge in [-0.05, 0) is 24.5 Å². The van der Waals surface area contributed by atoms with Crippen LogP contribution >= 0.6 is 0 Å². The molecule has 2 aromatic rings. The minimum absolute atomic E-state index is 0.111. The fraction of sp³-hybridized carbons (Fsp3) is 0.471. The van der Waals surface area contributed by atoms with Gasteiger partial charge in [-0.2, -0.15) is 4.31 Å². The molecule has 1 saturated heterocycles. The monoisotopic (exact) mass is 334 g/mol. The highest BCUT2D eigenvalue weighted by Crippen LogP contribution is 2.25. The number of rotatable bonds is 4. The van der Waals surface area contributed by atoms with E-state index >= 15 is 0 Å². The van der Waals surface area contributed by atoms with Crippen LogP contribution in [0.4, 0.5) is 0 Å². The number of aromatic nitrogens is 1. The minimum Gasteiger partial charge on any atom is -0.378 e. The summed E-state index contributed by atoms with van der Waals surface area (Å²) in [4.78, 5) is 4.55. The molecule has 6 heteroatoms. The number of nitrogens with zero attached hydrogens (tertiary/aromatic N) is 2. The van der Waals surface area contributed by atoms with Crippen LogP contribution in [0.25, 0.3) is 10.9 Å². The zero-order valence-corrected chi connectivity index (χ0v) is 14.3. The van der Waals surface area contributed by atoms with Crippen LogP contribution < -0.4 is 0 Å². The van der Waals surface area contributed by atoms with Gasteiger partial charge in [-0.3, -0.25) is 4.98 Å². The third-order valence-electron chi connectivity index (χ3n) is 4.09. The minimum atomic E-state index is -3.56. The second kappa shape index (κ2) is 6.55. The first-order valence-electron chi connectivity index (χ1n) is 7.93. The molecule has 0 saturated carbocycles. The van der Waals surface area contributed by atoms with Crippen molar-refractivity contribution >= 4 is 20.9 Å². The Kier molecular flexibility index (Phi) is 4.66. The first kappa shape index (κ1) is 16.4. The predicted octanol–water partition coefficient (Wildman–Crippen LogP) is 2.67. The lowest BCUT2D eigenvalue weighted by molar-refractivity contribution is 0.0254. The van der Waals surface area contributed by atoms with Gasteiger partial charge in [-0.25, -0.2) is 8.42 Å². The van der Waals surface area contributed by atoms with Gasteiger partial charge in [-0.15, -0.1) is 0 Å². The Morgan fingerprint density at radius 1 is 1.35 bits per heavy atom. The van der Waals surface area contributed by atoms with Gasteiger partial charge in [0.15, 0.2) is 0 Å². The Morgan fingerprint density at radius 2 is 2.13 bits per heavy atom. The highest BCUT2D eigenvalue weighted by atomic mass is 32.2. The zero-order chi connectivity index (χ0) is 16.4. The molecule has 1 aliphatic heterocycles. The van der Waals surface area contributed by atoms with Crippen molar-refractivity contribution in [1.82, 2.24) is 9.29 Å². The van der Waals surface area contributed by atoms with Crippen molar-refractivity contribution in [3.63, 3.8) is 0 Å². The summed E-state index contributed by atoms with van der Waals surface area (Å²) in [7, 11) is -3.56. The van der Waals surface area contributed by atoms with Gasteiger partial charge in [0.05, 0.1) is 18.7 Å². The molecule has 0 amide bonds. The number of benzene rings is 1. The molecule has 0 N–H and O–H groups in total. The Morgan fingerprint density at radius 3 is 2.91 bits per heavy atom. The molecule has 5 nitrogen and oxygen atoms in total. The van der Waals surface area contributed by atoms with E-state index in [1.807, 2.05) is 24.3 Å². The van der Waals surface area contributed by atoms with Crippen molar-refractivity contribution in [1.29, 1.82) is 0 Å². The second-order valence-electron chi connectivity index (χ2n) is 6.34. The van der Waals surface area contributed by atoms with Gasteiger partial charge in [0.1, 0.15) is 4.90 Å². The average molecular weight is 334 g/mol. The van der Waals surface area contributed by atoms with Crippen molar-refractivity contribution < 1.29 is 13.2 Å². The molecular weight excluding hydrogens is 312 g/mol. The third-order valence-corrected chi connectivity index (χ3v) is 6.01. The first-order valence-corrected chi connectivity index (χ1v) is 9.37. The number of ether oxygens (including phenoxy) is 1. The van der Waals surface area contributed by atoms with Crippen LogP contribution in [0.15, 0.2) is 41.4 Å². The fourth-order valence-electron chi connectivity index (χ4n) is 3.01. The molecule has 1 atom stereocenters. The molecule has 1 aromatic heterocycles. The molecule has 0 bridgehead atoms. The number of para-hydroxylation sites is 1. The number of morpholine rings is 1. The molecule has 23 heavy (non-hydrogen) atoms. The number of fused-ring (bicyclic) bond motifs is 1. The second-order valence-corrected chi connectivity index (χ2v) is 8.23. The Hall–Kier alpha value is -1.50. The van der Waals surface area contributed by atoms with Crippen LogP contribution in [0.2, 0.25) is 0 Å². The first-order chi connectivity index (χ1) is 11.0. The number of hydrogen-bond donors (Lipinski definition) is 0. The van der Waals surface area contributed by atoms with Gasteiger partial charge < -0.3 is 4.74 Å². The SMILES string of the molecule is CC(C)CC1COCCN1S(=O)(=O)c1cnc2ccccc2c1. The molecule has 0 radical (unpaired) electrons. The highest BCUT2D eigenvalue weighted by molar-refractivity contribution is 7.89. The summed E-state index contributed by atoms with van der Waals surface area (Å²) in [5, 5.41) is 0.835. The van der Waals surface area contributed by atoms with Gasteiger partial charge in [-0.1, -0.05) is 32.0 Å². The smallest absolute Gasteiger partial charge is 0.245 e. The summed E-state index contributed by atoms with van der Waals surface area (Å²) in [6.45, 7) is 5.48. The number of hydrogen-bond acceptors (Lipinski definition) is 4. The van der Waals surface area contributed by atoms with Gasteiger partial charge >= 0.3 is 0 Å². The van der Waals surface area contributed by atoms with E-state index in [0.29, 0.717) is 25.7 Å². The van der Waals surface area contributed by atoms with E-state index in [-0.39, 0.29) is 10.9 Å². The zero-order valence-electron chi connectivity index (χ0n) is 13.5. The molecule has 0 spiro atoms. The van der Waals surface area contributed by atoms with Crippen molar-refractivity contribution in [3.05, 3.63) is 36.5 Å². The van der Waals surface area contributed by atoms with E-state index in [1.165, 1.54) is 6.20 Å². The van der Waals surface area contributed by atoms with Crippen LogP contribution in [0.1, 0.15) is 20.3 Å². The van der Waals surface area contributed by atoms with Crippen LogP contribution in [0.3, 0.4) is 0 Å². The molecule has 0 aliphatic carbocycles. The molecule has 1 unspecified atom stereocenters. The molecule has 2 heterocycles. The van der Waals surface area contributed by atoms with Gasteiger partial charge in [0.25, 0.3) is 0 Å².